The molecule has 0 saturated heterocycles. The van der Waals surface area contributed by atoms with Gasteiger partial charge in [0.05, 0.1) is 12.2 Å². The molecule has 124 valence electrons. The maximum absolute atomic E-state index is 11.8. The van der Waals surface area contributed by atoms with Crippen molar-refractivity contribution in [2.75, 3.05) is 13.1 Å². The van der Waals surface area contributed by atoms with Gasteiger partial charge in [-0.1, -0.05) is 24.3 Å². The molecule has 2 heterocycles. The maximum Gasteiger partial charge on any atom is 0.221 e. The lowest BCUT2D eigenvalue weighted by Crippen LogP contribution is -2.28. The summed E-state index contributed by atoms with van der Waals surface area (Å²) in [4.78, 5) is 19.3. The van der Waals surface area contributed by atoms with Crippen LogP contribution in [-0.2, 0) is 17.8 Å². The van der Waals surface area contributed by atoms with Crippen LogP contribution in [-0.4, -0.2) is 29.0 Å². The summed E-state index contributed by atoms with van der Waals surface area (Å²) in [5.74, 6) is 0.0419. The lowest BCUT2D eigenvalue weighted by Gasteiger charge is -2.06. The van der Waals surface area contributed by atoms with Crippen LogP contribution >= 0.6 is 0 Å². The first-order valence-electron chi connectivity index (χ1n) is 8.25. The second-order valence-corrected chi connectivity index (χ2v) is 5.71. The Hall–Kier alpha value is -2.66. The van der Waals surface area contributed by atoms with Gasteiger partial charge in [-0.2, -0.15) is 0 Å². The summed E-state index contributed by atoms with van der Waals surface area (Å²) < 4.78 is 0. The highest BCUT2D eigenvalue weighted by atomic mass is 16.1. The first-order valence-corrected chi connectivity index (χ1v) is 8.25. The number of H-pyrrole nitrogens is 1. The van der Waals surface area contributed by atoms with Crippen LogP contribution in [0.1, 0.15) is 17.7 Å². The number of nitrogens with one attached hydrogen (secondary N) is 3. The third-order valence-corrected chi connectivity index (χ3v) is 3.97. The van der Waals surface area contributed by atoms with Crippen molar-refractivity contribution in [2.24, 2.45) is 0 Å². The average Bonchev–Trinajstić information content (AvgIpc) is 3.04. The number of aromatic nitrogens is 2. The number of benzene rings is 1. The zero-order valence-electron chi connectivity index (χ0n) is 13.6. The van der Waals surface area contributed by atoms with Gasteiger partial charge in [-0.05, 0) is 36.7 Å². The van der Waals surface area contributed by atoms with Crippen molar-refractivity contribution < 1.29 is 4.79 Å². The molecular weight excluding hydrogens is 300 g/mol. The van der Waals surface area contributed by atoms with Crippen LogP contribution in [0, 0.1) is 0 Å². The molecule has 0 unspecified atom stereocenters. The van der Waals surface area contributed by atoms with Crippen LogP contribution in [0.2, 0.25) is 0 Å². The summed E-state index contributed by atoms with van der Waals surface area (Å²) in [5.41, 5.74) is 3.34. The Morgan fingerprint density at radius 1 is 1.08 bits per heavy atom. The van der Waals surface area contributed by atoms with Gasteiger partial charge in [0.2, 0.25) is 5.91 Å². The Balaban J connectivity index is 1.33. The van der Waals surface area contributed by atoms with Crippen molar-refractivity contribution in [1.29, 1.82) is 0 Å². The number of pyridine rings is 1. The zero-order chi connectivity index (χ0) is 16.6. The molecule has 1 aromatic carbocycles. The summed E-state index contributed by atoms with van der Waals surface area (Å²) in [6.45, 7) is 2.01. The standard InChI is InChI=1S/C19H22N4O/c24-19(23-14-16-5-3-4-10-21-16)9-12-20-11-8-15-13-22-18-7-2-1-6-17(15)18/h1-7,10,13,20,22H,8-9,11-12,14H2,(H,23,24). The number of fused-ring (bicyclic) bond motifs is 1. The first-order chi connectivity index (χ1) is 11.8. The van der Waals surface area contributed by atoms with Gasteiger partial charge in [-0.15, -0.1) is 0 Å². The van der Waals surface area contributed by atoms with E-state index in [0.717, 1.165) is 18.7 Å². The monoisotopic (exact) mass is 322 g/mol. The predicted octanol–water partition coefficient (Wildman–Crippen LogP) is 2.40. The van der Waals surface area contributed by atoms with E-state index in [-0.39, 0.29) is 5.91 Å². The van der Waals surface area contributed by atoms with Crippen LogP contribution in [0.15, 0.2) is 54.9 Å². The van der Waals surface area contributed by atoms with Gasteiger partial charge in [-0.25, -0.2) is 0 Å². The van der Waals surface area contributed by atoms with Crippen LogP contribution in [0.4, 0.5) is 0 Å². The fourth-order valence-electron chi connectivity index (χ4n) is 2.67. The Bertz CT molecular complexity index is 782. The SMILES string of the molecule is O=C(CCNCCc1c[nH]c2ccccc12)NCc1ccccn1. The van der Waals surface area contributed by atoms with Gasteiger partial charge < -0.3 is 15.6 Å². The van der Waals surface area contributed by atoms with E-state index in [1.54, 1.807) is 6.20 Å². The van der Waals surface area contributed by atoms with Crippen LogP contribution < -0.4 is 10.6 Å². The number of nitrogens with zero attached hydrogens (tertiary/aromatic N) is 1. The summed E-state index contributed by atoms with van der Waals surface area (Å²) in [6, 6.07) is 14.0. The van der Waals surface area contributed by atoms with Gasteiger partial charge in [0, 0.05) is 36.3 Å². The van der Waals surface area contributed by atoms with E-state index in [4.69, 9.17) is 0 Å². The molecule has 0 bridgehead atoms. The van der Waals surface area contributed by atoms with E-state index >= 15 is 0 Å². The molecule has 0 saturated carbocycles. The van der Waals surface area contributed by atoms with E-state index in [2.05, 4.69) is 45.0 Å². The van der Waals surface area contributed by atoms with Gasteiger partial charge in [-0.3, -0.25) is 9.78 Å². The molecule has 1 amide bonds. The Morgan fingerprint density at radius 3 is 2.83 bits per heavy atom. The van der Waals surface area contributed by atoms with Crippen molar-refractivity contribution in [3.63, 3.8) is 0 Å². The van der Waals surface area contributed by atoms with Crippen LogP contribution in [0.3, 0.4) is 0 Å². The number of para-hydroxylation sites is 1. The maximum atomic E-state index is 11.8. The minimum Gasteiger partial charge on any atom is -0.361 e. The molecule has 5 heteroatoms. The molecule has 0 fully saturated rings. The number of hydrogen-bond acceptors (Lipinski definition) is 3. The van der Waals surface area contributed by atoms with Crippen LogP contribution in [0.5, 0.6) is 0 Å². The van der Waals surface area contributed by atoms with Crippen LogP contribution in [0.25, 0.3) is 10.9 Å². The number of amides is 1. The molecule has 2 aromatic heterocycles. The van der Waals surface area contributed by atoms with Crippen molar-refractivity contribution in [1.82, 2.24) is 20.6 Å². The van der Waals surface area contributed by atoms with Crippen molar-refractivity contribution in [3.8, 4) is 0 Å². The fraction of sp³-hybridized carbons (Fsp3) is 0.263. The number of carbonyl (C=O) groups is 1. The second kappa shape index (κ2) is 8.26. The van der Waals surface area contributed by atoms with E-state index in [9.17, 15) is 4.79 Å². The highest BCUT2D eigenvalue weighted by Gasteiger charge is 2.04. The largest absolute Gasteiger partial charge is 0.361 e. The molecule has 0 spiro atoms. The molecule has 0 atom stereocenters. The van der Waals surface area contributed by atoms with E-state index in [0.29, 0.717) is 19.5 Å². The molecule has 0 aliphatic rings. The van der Waals surface area contributed by atoms with E-state index in [1.807, 2.05) is 24.3 Å². The zero-order valence-corrected chi connectivity index (χ0v) is 13.6. The number of rotatable bonds is 8. The topological polar surface area (TPSA) is 69.8 Å². The van der Waals surface area contributed by atoms with Gasteiger partial charge in [0.25, 0.3) is 0 Å². The summed E-state index contributed by atoms with van der Waals surface area (Å²) in [5, 5.41) is 7.48. The normalized spacial score (nSPS) is 10.8. The highest BCUT2D eigenvalue weighted by Crippen LogP contribution is 2.17. The fourth-order valence-corrected chi connectivity index (χ4v) is 2.67. The minimum atomic E-state index is 0.0419. The number of aromatic amines is 1. The third-order valence-electron chi connectivity index (χ3n) is 3.97. The van der Waals surface area contributed by atoms with Gasteiger partial charge in [0.1, 0.15) is 0 Å². The minimum absolute atomic E-state index is 0.0419. The molecule has 24 heavy (non-hydrogen) atoms. The van der Waals surface area contributed by atoms with Crippen molar-refractivity contribution in [2.45, 2.75) is 19.4 Å². The molecule has 0 aliphatic carbocycles. The number of hydrogen-bond donors (Lipinski definition) is 3. The van der Waals surface area contributed by atoms with E-state index < -0.39 is 0 Å². The first kappa shape index (κ1) is 16.2. The van der Waals surface area contributed by atoms with Gasteiger partial charge in [0.15, 0.2) is 0 Å². The molecule has 3 aromatic rings. The summed E-state index contributed by atoms with van der Waals surface area (Å²) in [7, 11) is 0. The molecular formula is C19H22N4O. The Kier molecular flexibility index (Phi) is 5.58. The van der Waals surface area contributed by atoms with Crippen molar-refractivity contribution in [3.05, 3.63) is 66.1 Å². The third kappa shape index (κ3) is 4.43. The average molecular weight is 322 g/mol. The lowest BCUT2D eigenvalue weighted by molar-refractivity contribution is -0.121. The van der Waals surface area contributed by atoms with Gasteiger partial charge >= 0.3 is 0 Å². The quantitative estimate of drug-likeness (QED) is 0.558. The second-order valence-electron chi connectivity index (χ2n) is 5.71. The molecule has 0 aliphatic heterocycles. The lowest BCUT2D eigenvalue weighted by atomic mass is 10.1. The Morgan fingerprint density at radius 2 is 1.96 bits per heavy atom. The molecule has 3 rings (SSSR count). The highest BCUT2D eigenvalue weighted by molar-refractivity contribution is 5.83. The molecule has 5 nitrogen and oxygen atoms in total. The molecule has 3 N–H and O–H groups in total. The smallest absolute Gasteiger partial charge is 0.221 e. The van der Waals surface area contributed by atoms with E-state index in [1.165, 1.54) is 16.5 Å². The van der Waals surface area contributed by atoms with Crippen molar-refractivity contribution >= 4 is 16.8 Å². The number of carbonyl (C=O) groups excluding carboxylic acids is 1. The Labute approximate surface area is 141 Å². The molecule has 0 radical (unpaired) electrons. The summed E-state index contributed by atoms with van der Waals surface area (Å²) in [6.07, 6.45) is 5.21. The summed E-state index contributed by atoms with van der Waals surface area (Å²) >= 11 is 0. The predicted molar refractivity (Wildman–Crippen MR) is 95.6 cm³/mol.